The van der Waals surface area contributed by atoms with Crippen LogP contribution >= 0.6 is 0 Å². The molecule has 0 fully saturated rings. The largest absolute Gasteiger partial charge is 0.477 e. The number of carboxylic acids is 2. The van der Waals surface area contributed by atoms with Crippen LogP contribution in [0, 0.1) is 0 Å². The minimum Gasteiger partial charge on any atom is -0.477 e. The first-order chi connectivity index (χ1) is 18.2. The molecule has 2 aromatic heterocycles. The molecule has 0 unspecified atom stereocenters. The first-order valence-corrected chi connectivity index (χ1v) is 11.6. The third-order valence-electron chi connectivity index (χ3n) is 6.29. The van der Waals surface area contributed by atoms with Gasteiger partial charge in [0.15, 0.2) is 23.0 Å². The third-order valence-corrected chi connectivity index (χ3v) is 6.29. The number of fused-ring (bicyclic) bond motifs is 4. The number of aryl methyl sites for hydroxylation is 2. The van der Waals surface area contributed by atoms with Gasteiger partial charge in [-0.3, -0.25) is 9.59 Å². The highest BCUT2D eigenvalue weighted by Gasteiger charge is 2.21. The zero-order chi connectivity index (χ0) is 27.1. The fraction of sp³-hybridized carbons (Fsp3) is 0.231. The normalized spacial score (nSPS) is 12.9. The summed E-state index contributed by atoms with van der Waals surface area (Å²) in [5.41, 5.74) is -0.221. The summed E-state index contributed by atoms with van der Waals surface area (Å²) in [7, 11) is 0. The van der Waals surface area contributed by atoms with E-state index < -0.39 is 22.8 Å². The maximum atomic E-state index is 12.1. The smallest absolute Gasteiger partial charge is 0.341 e. The molecular weight excluding hydrogens is 500 g/mol. The van der Waals surface area contributed by atoms with Gasteiger partial charge < -0.3 is 38.3 Å². The fourth-order valence-electron chi connectivity index (χ4n) is 4.39. The van der Waals surface area contributed by atoms with E-state index in [-0.39, 0.29) is 24.7 Å². The molecule has 6 rings (SSSR count). The SMILES string of the molecule is CCn1cc(C(=O)O)c(=O)c2cc3c(cc21)OCO3.CCn1cc(C(=O)O)c(=O)c2cc3c(cc21)OCO3. The second-order valence-electron chi connectivity index (χ2n) is 8.37. The van der Waals surface area contributed by atoms with E-state index >= 15 is 0 Å². The third kappa shape index (κ3) is 4.05. The standard InChI is InChI=1S/2C13H11NO5/c2*1-2-14-5-8(13(16)17)12(15)7-3-10-11(4-9(7)14)19-6-18-10/h2*3-5H,2,6H2,1H3,(H,16,17). The first kappa shape index (κ1) is 24.7. The molecule has 0 amide bonds. The molecule has 2 aliphatic rings. The van der Waals surface area contributed by atoms with E-state index in [0.717, 1.165) is 0 Å². The lowest BCUT2D eigenvalue weighted by molar-refractivity contribution is 0.0684. The molecule has 2 N–H and O–H groups in total. The van der Waals surface area contributed by atoms with Gasteiger partial charge >= 0.3 is 11.9 Å². The Morgan fingerprint density at radius 3 is 1.34 bits per heavy atom. The van der Waals surface area contributed by atoms with Crippen LogP contribution in [0.1, 0.15) is 34.6 Å². The van der Waals surface area contributed by atoms with E-state index in [1.807, 2.05) is 13.8 Å². The number of hydrogen-bond acceptors (Lipinski definition) is 8. The summed E-state index contributed by atoms with van der Waals surface area (Å²) in [4.78, 5) is 46.5. The molecule has 2 aliphatic heterocycles. The fourth-order valence-corrected chi connectivity index (χ4v) is 4.39. The van der Waals surface area contributed by atoms with Gasteiger partial charge in [-0.15, -0.1) is 0 Å². The lowest BCUT2D eigenvalue weighted by Gasteiger charge is -2.10. The number of nitrogens with zero attached hydrogens (tertiary/aromatic N) is 2. The number of pyridine rings is 2. The second-order valence-corrected chi connectivity index (χ2v) is 8.37. The van der Waals surface area contributed by atoms with Gasteiger partial charge in [-0.2, -0.15) is 0 Å². The van der Waals surface area contributed by atoms with Crippen LogP contribution in [0.5, 0.6) is 23.0 Å². The monoisotopic (exact) mass is 522 g/mol. The molecule has 0 saturated heterocycles. The molecule has 0 saturated carbocycles. The number of benzene rings is 2. The molecular formula is C26H22N2O10. The van der Waals surface area contributed by atoms with Crippen LogP contribution in [0.2, 0.25) is 0 Å². The summed E-state index contributed by atoms with van der Waals surface area (Å²) >= 11 is 0. The topological polar surface area (TPSA) is 156 Å². The first-order valence-electron chi connectivity index (χ1n) is 11.6. The summed E-state index contributed by atoms with van der Waals surface area (Å²) in [6, 6.07) is 6.49. The summed E-state index contributed by atoms with van der Waals surface area (Å²) in [5.74, 6) is -0.391. The quantitative estimate of drug-likeness (QED) is 0.409. The van der Waals surface area contributed by atoms with Crippen LogP contribution in [0.4, 0.5) is 0 Å². The van der Waals surface area contributed by atoms with Crippen molar-refractivity contribution in [3.05, 3.63) is 68.2 Å². The van der Waals surface area contributed by atoms with Crippen molar-refractivity contribution in [2.24, 2.45) is 0 Å². The second kappa shape index (κ2) is 9.47. The van der Waals surface area contributed by atoms with Crippen LogP contribution in [-0.2, 0) is 13.1 Å². The molecule has 196 valence electrons. The Bertz CT molecular complexity index is 1620. The number of carbonyl (C=O) groups is 2. The van der Waals surface area contributed by atoms with Gasteiger partial charge in [0.05, 0.1) is 21.8 Å². The van der Waals surface area contributed by atoms with Gasteiger partial charge in [0.1, 0.15) is 11.1 Å². The zero-order valence-electron chi connectivity index (χ0n) is 20.3. The highest BCUT2D eigenvalue weighted by molar-refractivity contribution is 5.94. The lowest BCUT2D eigenvalue weighted by Crippen LogP contribution is -2.18. The summed E-state index contributed by atoms with van der Waals surface area (Å²) in [6.45, 7) is 5.07. The summed E-state index contributed by atoms with van der Waals surface area (Å²) < 4.78 is 24.4. The Hall–Kier alpha value is -5.00. The van der Waals surface area contributed by atoms with Crippen LogP contribution in [0.3, 0.4) is 0 Å². The maximum absolute atomic E-state index is 12.1. The molecule has 0 radical (unpaired) electrons. The van der Waals surface area contributed by atoms with Crippen molar-refractivity contribution in [2.75, 3.05) is 13.6 Å². The van der Waals surface area contributed by atoms with Crippen molar-refractivity contribution >= 4 is 33.7 Å². The molecule has 4 aromatic rings. The van der Waals surface area contributed by atoms with Gasteiger partial charge in [-0.1, -0.05) is 0 Å². The van der Waals surface area contributed by atoms with E-state index in [0.29, 0.717) is 57.9 Å². The minimum atomic E-state index is -1.23. The van der Waals surface area contributed by atoms with Gasteiger partial charge in [0, 0.05) is 37.6 Å². The predicted octanol–water partition coefficient (Wildman–Crippen LogP) is 2.90. The molecule has 38 heavy (non-hydrogen) atoms. The van der Waals surface area contributed by atoms with Crippen molar-refractivity contribution in [3.63, 3.8) is 0 Å². The highest BCUT2D eigenvalue weighted by atomic mass is 16.7. The average molecular weight is 522 g/mol. The number of rotatable bonds is 4. The summed E-state index contributed by atoms with van der Waals surface area (Å²) in [6.07, 6.45) is 2.71. The zero-order valence-corrected chi connectivity index (χ0v) is 20.3. The molecule has 2 aromatic carbocycles. The lowest BCUT2D eigenvalue weighted by atomic mass is 10.1. The molecule has 0 spiro atoms. The van der Waals surface area contributed by atoms with E-state index in [2.05, 4.69) is 0 Å². The average Bonchev–Trinajstić information content (AvgIpc) is 3.56. The number of ether oxygens (including phenoxy) is 4. The van der Waals surface area contributed by atoms with Crippen LogP contribution < -0.4 is 29.8 Å². The van der Waals surface area contributed by atoms with Crippen molar-refractivity contribution in [1.82, 2.24) is 9.13 Å². The Morgan fingerprint density at radius 2 is 1.03 bits per heavy atom. The van der Waals surface area contributed by atoms with Crippen LogP contribution in [0.25, 0.3) is 21.8 Å². The number of hydrogen-bond donors (Lipinski definition) is 2. The van der Waals surface area contributed by atoms with E-state index in [4.69, 9.17) is 29.2 Å². The Labute approximate surface area is 213 Å². The maximum Gasteiger partial charge on any atom is 0.341 e. The summed E-state index contributed by atoms with van der Waals surface area (Å²) in [5, 5.41) is 18.8. The van der Waals surface area contributed by atoms with E-state index in [1.54, 1.807) is 33.4 Å². The predicted molar refractivity (Wildman–Crippen MR) is 134 cm³/mol. The van der Waals surface area contributed by atoms with Crippen molar-refractivity contribution in [2.45, 2.75) is 26.9 Å². The van der Waals surface area contributed by atoms with Crippen molar-refractivity contribution in [3.8, 4) is 23.0 Å². The number of aromatic nitrogens is 2. The number of carboxylic acid groups (broad SMARTS) is 2. The molecule has 0 atom stereocenters. The number of aromatic carboxylic acids is 2. The molecule has 12 nitrogen and oxygen atoms in total. The highest BCUT2D eigenvalue weighted by Crippen LogP contribution is 2.36. The van der Waals surface area contributed by atoms with Gasteiger partial charge in [0.25, 0.3) is 0 Å². The van der Waals surface area contributed by atoms with Gasteiger partial charge in [-0.05, 0) is 26.0 Å². The minimum absolute atomic E-state index is 0.109. The van der Waals surface area contributed by atoms with Crippen LogP contribution in [0.15, 0.2) is 46.2 Å². The molecule has 4 heterocycles. The van der Waals surface area contributed by atoms with Crippen LogP contribution in [-0.4, -0.2) is 44.9 Å². The molecule has 0 bridgehead atoms. The Balaban J connectivity index is 0.000000155. The van der Waals surface area contributed by atoms with E-state index in [9.17, 15) is 19.2 Å². The van der Waals surface area contributed by atoms with Gasteiger partial charge in [-0.25, -0.2) is 9.59 Å². The van der Waals surface area contributed by atoms with Gasteiger partial charge in [0.2, 0.25) is 24.4 Å². The molecule has 12 heteroatoms. The van der Waals surface area contributed by atoms with Crippen molar-refractivity contribution in [1.29, 1.82) is 0 Å². The molecule has 0 aliphatic carbocycles. The van der Waals surface area contributed by atoms with Crippen molar-refractivity contribution < 1.29 is 38.7 Å². The van der Waals surface area contributed by atoms with E-state index in [1.165, 1.54) is 12.4 Å². The Morgan fingerprint density at radius 1 is 0.684 bits per heavy atom. The Kier molecular flexibility index (Phi) is 6.15.